The van der Waals surface area contributed by atoms with Crippen LogP contribution in [0.25, 0.3) is 0 Å². The van der Waals surface area contributed by atoms with Crippen LogP contribution in [-0.2, 0) is 41.2 Å². The molecule has 0 spiro atoms. The fraction of sp³-hybridized carbons (Fsp3) is 0.205. The lowest BCUT2D eigenvalue weighted by Crippen LogP contribution is -2.58. The van der Waals surface area contributed by atoms with Gasteiger partial charge in [-0.1, -0.05) is 145 Å². The first-order chi connectivity index (χ1) is 21.6. The van der Waals surface area contributed by atoms with E-state index in [1.807, 2.05) is 79.7 Å². The fourth-order valence-corrected chi connectivity index (χ4v) is 5.90. The number of esters is 1. The number of nitrogens with zero attached hydrogens (tertiary/aromatic N) is 2. The molecule has 0 saturated carbocycles. The Morgan fingerprint density at radius 1 is 0.591 bits per heavy atom. The second-order valence-corrected chi connectivity index (χ2v) is 11.5. The monoisotopic (exact) mass is 602 g/mol. The van der Waals surface area contributed by atoms with Crippen LogP contribution in [0.15, 0.2) is 146 Å². The molecule has 0 saturated heterocycles. The Labute approximate surface area is 266 Å². The van der Waals surface area contributed by atoms with Gasteiger partial charge in [0.05, 0.1) is 6.61 Å². The van der Waals surface area contributed by atoms with Gasteiger partial charge in [0, 0.05) is 37.7 Å². The quantitative estimate of drug-likeness (QED) is 0.119. The molecule has 5 aromatic carbocycles. The van der Waals surface area contributed by atoms with Crippen LogP contribution in [-0.4, -0.2) is 28.9 Å². The Bertz CT molecular complexity index is 1480. The van der Waals surface area contributed by atoms with Crippen molar-refractivity contribution in [2.45, 2.75) is 38.6 Å². The number of benzene rings is 5. The molecule has 0 heterocycles. The van der Waals surface area contributed by atoms with Gasteiger partial charge in [0.25, 0.3) is 0 Å². The first-order valence-electron chi connectivity index (χ1n) is 15.1. The van der Waals surface area contributed by atoms with E-state index in [2.05, 4.69) is 82.6 Å². The van der Waals surface area contributed by atoms with Crippen molar-refractivity contribution < 1.29 is 9.53 Å². The molecule has 4 nitrogen and oxygen atoms in total. The minimum Gasteiger partial charge on any atom is -0.464 e. The van der Waals surface area contributed by atoms with Gasteiger partial charge in [-0.2, -0.15) is 0 Å². The van der Waals surface area contributed by atoms with Gasteiger partial charge in [0.2, 0.25) is 0 Å². The first kappa shape index (κ1) is 31.2. The maximum atomic E-state index is 14.7. The zero-order chi connectivity index (χ0) is 30.6. The highest BCUT2D eigenvalue weighted by molar-refractivity contribution is 6.30. The summed E-state index contributed by atoms with van der Waals surface area (Å²) in [4.78, 5) is 19.3. The SMILES string of the molecule is CCOC(=O)C(CN(Cc1ccccc1)Cc1ccccc1)(c1ccc(Cl)cc1)N(Cc1ccccc1)Cc1ccccc1. The average molecular weight is 603 g/mol. The molecule has 0 aliphatic carbocycles. The molecule has 0 fully saturated rings. The van der Waals surface area contributed by atoms with Crippen LogP contribution in [0, 0.1) is 0 Å². The molecule has 1 atom stereocenters. The highest BCUT2D eigenvalue weighted by atomic mass is 35.5. The summed E-state index contributed by atoms with van der Waals surface area (Å²) < 4.78 is 6.01. The zero-order valence-corrected chi connectivity index (χ0v) is 25.9. The Morgan fingerprint density at radius 3 is 1.36 bits per heavy atom. The van der Waals surface area contributed by atoms with E-state index < -0.39 is 5.54 Å². The molecule has 0 aromatic heterocycles. The highest BCUT2D eigenvalue weighted by Gasteiger charge is 2.48. The Hall–Kier alpha value is -4.22. The zero-order valence-electron chi connectivity index (χ0n) is 25.2. The van der Waals surface area contributed by atoms with Gasteiger partial charge in [0.1, 0.15) is 0 Å². The molecule has 5 rings (SSSR count). The maximum absolute atomic E-state index is 14.7. The normalized spacial score (nSPS) is 12.6. The van der Waals surface area contributed by atoms with Gasteiger partial charge in [-0.25, -0.2) is 4.79 Å². The van der Waals surface area contributed by atoms with Crippen molar-refractivity contribution in [1.82, 2.24) is 9.80 Å². The molecule has 5 aromatic rings. The number of ether oxygens (including phenoxy) is 1. The lowest BCUT2D eigenvalue weighted by Gasteiger charge is -2.45. The van der Waals surface area contributed by atoms with Crippen molar-refractivity contribution in [3.8, 4) is 0 Å². The summed E-state index contributed by atoms with van der Waals surface area (Å²) in [6, 6.07) is 49.2. The summed E-state index contributed by atoms with van der Waals surface area (Å²) in [6.45, 7) is 4.95. The van der Waals surface area contributed by atoms with Crippen molar-refractivity contribution >= 4 is 17.6 Å². The summed E-state index contributed by atoms with van der Waals surface area (Å²) in [7, 11) is 0. The largest absolute Gasteiger partial charge is 0.464 e. The predicted octanol–water partition coefficient (Wildman–Crippen LogP) is 8.50. The summed E-state index contributed by atoms with van der Waals surface area (Å²) in [5, 5.41) is 0.620. The molecule has 5 heteroatoms. The van der Waals surface area contributed by atoms with E-state index in [0.717, 1.165) is 16.7 Å². The molecule has 0 amide bonds. The Morgan fingerprint density at radius 2 is 0.977 bits per heavy atom. The molecule has 0 bridgehead atoms. The number of halogens is 1. The van der Waals surface area contributed by atoms with Gasteiger partial charge in [-0.05, 0) is 46.9 Å². The van der Waals surface area contributed by atoms with Crippen LogP contribution in [0.2, 0.25) is 5.02 Å². The molecule has 0 radical (unpaired) electrons. The molecule has 0 N–H and O–H groups in total. The minimum atomic E-state index is -1.16. The van der Waals surface area contributed by atoms with E-state index in [-0.39, 0.29) is 12.6 Å². The minimum absolute atomic E-state index is 0.274. The Kier molecular flexibility index (Phi) is 11.0. The summed E-state index contributed by atoms with van der Waals surface area (Å²) >= 11 is 6.42. The van der Waals surface area contributed by atoms with E-state index in [0.29, 0.717) is 37.7 Å². The van der Waals surface area contributed by atoms with Crippen LogP contribution < -0.4 is 0 Å². The third-order valence-electron chi connectivity index (χ3n) is 7.86. The molecular weight excluding hydrogens is 564 g/mol. The topological polar surface area (TPSA) is 32.8 Å². The van der Waals surface area contributed by atoms with Gasteiger partial charge >= 0.3 is 5.97 Å². The smallest absolute Gasteiger partial charge is 0.332 e. The van der Waals surface area contributed by atoms with Gasteiger partial charge in [-0.15, -0.1) is 0 Å². The number of carbonyl (C=O) groups excluding carboxylic acids is 1. The van der Waals surface area contributed by atoms with E-state index in [4.69, 9.17) is 16.3 Å². The van der Waals surface area contributed by atoms with Crippen LogP contribution in [0.5, 0.6) is 0 Å². The van der Waals surface area contributed by atoms with Crippen LogP contribution >= 0.6 is 11.6 Å². The summed E-state index contributed by atoms with van der Waals surface area (Å²) in [5.41, 5.74) is 4.27. The van der Waals surface area contributed by atoms with E-state index in [1.165, 1.54) is 11.1 Å². The first-order valence-corrected chi connectivity index (χ1v) is 15.5. The Balaban J connectivity index is 1.69. The van der Waals surface area contributed by atoms with E-state index >= 15 is 0 Å². The van der Waals surface area contributed by atoms with Crippen molar-refractivity contribution in [3.63, 3.8) is 0 Å². The molecule has 0 aliphatic heterocycles. The second kappa shape index (κ2) is 15.5. The van der Waals surface area contributed by atoms with E-state index in [9.17, 15) is 4.79 Å². The lowest BCUT2D eigenvalue weighted by molar-refractivity contribution is -0.162. The van der Waals surface area contributed by atoms with Gasteiger partial charge in [0.15, 0.2) is 5.54 Å². The third-order valence-corrected chi connectivity index (χ3v) is 8.11. The van der Waals surface area contributed by atoms with Crippen molar-refractivity contribution in [2.24, 2.45) is 0 Å². The summed E-state index contributed by atoms with van der Waals surface area (Å²) in [5.74, 6) is -0.277. The van der Waals surface area contributed by atoms with Crippen molar-refractivity contribution in [1.29, 1.82) is 0 Å². The molecule has 1 unspecified atom stereocenters. The lowest BCUT2D eigenvalue weighted by atomic mass is 9.85. The van der Waals surface area contributed by atoms with Crippen LogP contribution in [0.4, 0.5) is 0 Å². The van der Waals surface area contributed by atoms with Crippen LogP contribution in [0.1, 0.15) is 34.7 Å². The number of rotatable bonds is 14. The molecule has 0 aliphatic rings. The number of carbonyl (C=O) groups is 1. The number of hydrogen-bond acceptors (Lipinski definition) is 4. The predicted molar refractivity (Wildman–Crippen MR) is 179 cm³/mol. The fourth-order valence-electron chi connectivity index (χ4n) is 5.77. The molecule has 44 heavy (non-hydrogen) atoms. The summed E-state index contributed by atoms with van der Waals surface area (Å²) in [6.07, 6.45) is 0. The second-order valence-electron chi connectivity index (χ2n) is 11.0. The van der Waals surface area contributed by atoms with Gasteiger partial charge in [-0.3, -0.25) is 9.80 Å². The van der Waals surface area contributed by atoms with Crippen molar-refractivity contribution in [3.05, 3.63) is 178 Å². The van der Waals surface area contributed by atoms with Crippen LogP contribution in [0.3, 0.4) is 0 Å². The van der Waals surface area contributed by atoms with Crippen molar-refractivity contribution in [2.75, 3.05) is 13.2 Å². The average Bonchev–Trinajstić information content (AvgIpc) is 3.06. The number of hydrogen-bond donors (Lipinski definition) is 0. The third kappa shape index (κ3) is 8.03. The highest BCUT2D eigenvalue weighted by Crippen LogP contribution is 2.36. The standard InChI is InChI=1S/C39H39ClN2O2/c1-2-44-38(43)39(36-23-25-37(40)26-24-36,42(29-34-19-11-5-12-20-34)30-35-21-13-6-14-22-35)31-41(27-32-15-7-3-8-16-32)28-33-17-9-4-10-18-33/h3-26H,2,27-31H2,1H3. The van der Waals surface area contributed by atoms with E-state index in [1.54, 1.807) is 0 Å². The molecule has 224 valence electrons. The van der Waals surface area contributed by atoms with Gasteiger partial charge < -0.3 is 4.74 Å². The maximum Gasteiger partial charge on any atom is 0.332 e. The molecular formula is C39H39ClN2O2.